The highest BCUT2D eigenvalue weighted by molar-refractivity contribution is 5.82. The Bertz CT molecular complexity index is 594. The second kappa shape index (κ2) is 7.18. The van der Waals surface area contributed by atoms with Gasteiger partial charge in [0.1, 0.15) is 0 Å². The first kappa shape index (κ1) is 14.7. The van der Waals surface area contributed by atoms with Gasteiger partial charge in [-0.1, -0.05) is 36.4 Å². The van der Waals surface area contributed by atoms with E-state index in [0.717, 1.165) is 30.6 Å². The lowest BCUT2D eigenvalue weighted by atomic mass is 10.0. The van der Waals surface area contributed by atoms with E-state index >= 15 is 0 Å². The average Bonchev–Trinajstić information content (AvgIpc) is 3.11. The number of rotatable bonds is 5. The minimum Gasteiger partial charge on any atom is -0.348 e. The van der Waals surface area contributed by atoms with Crippen molar-refractivity contribution in [3.8, 4) is 0 Å². The summed E-state index contributed by atoms with van der Waals surface area (Å²) in [5, 5.41) is 6.43. The zero-order valence-corrected chi connectivity index (χ0v) is 12.5. The summed E-state index contributed by atoms with van der Waals surface area (Å²) in [6, 6.07) is 15.9. The van der Waals surface area contributed by atoms with E-state index in [9.17, 15) is 4.79 Å². The van der Waals surface area contributed by atoms with E-state index in [1.807, 2.05) is 36.4 Å². The number of nitrogens with zero attached hydrogens (tertiary/aromatic N) is 1. The number of benzene rings is 1. The van der Waals surface area contributed by atoms with Gasteiger partial charge in [0, 0.05) is 18.3 Å². The topological polar surface area (TPSA) is 54.0 Å². The summed E-state index contributed by atoms with van der Waals surface area (Å²) in [6.45, 7) is 0.925. The minimum absolute atomic E-state index is 0.0500. The molecule has 3 rings (SSSR count). The van der Waals surface area contributed by atoms with Gasteiger partial charge < -0.3 is 10.6 Å². The van der Waals surface area contributed by atoms with Crippen LogP contribution < -0.4 is 10.6 Å². The highest BCUT2D eigenvalue weighted by Crippen LogP contribution is 2.18. The van der Waals surface area contributed by atoms with Crippen LogP contribution in [0.15, 0.2) is 54.7 Å². The first-order chi connectivity index (χ1) is 10.8. The van der Waals surface area contributed by atoms with Crippen LogP contribution in [0, 0.1) is 0 Å². The van der Waals surface area contributed by atoms with Gasteiger partial charge in [-0.25, -0.2) is 0 Å². The third-order valence-electron chi connectivity index (χ3n) is 4.03. The Morgan fingerprint density at radius 3 is 2.73 bits per heavy atom. The monoisotopic (exact) mass is 295 g/mol. The number of hydrogen-bond acceptors (Lipinski definition) is 3. The zero-order chi connectivity index (χ0) is 15.2. The highest BCUT2D eigenvalue weighted by atomic mass is 16.2. The van der Waals surface area contributed by atoms with Crippen molar-refractivity contribution in [3.05, 3.63) is 66.0 Å². The molecule has 1 amide bonds. The maximum absolute atomic E-state index is 12.4. The number of pyridine rings is 1. The van der Waals surface area contributed by atoms with Crippen molar-refractivity contribution in [1.82, 2.24) is 15.6 Å². The molecule has 2 N–H and O–H groups in total. The number of nitrogens with one attached hydrogen (secondary N) is 2. The van der Waals surface area contributed by atoms with Crippen molar-refractivity contribution in [2.24, 2.45) is 0 Å². The molecule has 4 heteroatoms. The van der Waals surface area contributed by atoms with E-state index in [2.05, 4.69) is 27.8 Å². The van der Waals surface area contributed by atoms with E-state index in [1.54, 1.807) is 6.20 Å². The Kier molecular flexibility index (Phi) is 4.81. The first-order valence-corrected chi connectivity index (χ1v) is 7.81. The van der Waals surface area contributed by atoms with Gasteiger partial charge in [0.15, 0.2) is 0 Å². The Morgan fingerprint density at radius 2 is 2.05 bits per heavy atom. The van der Waals surface area contributed by atoms with Crippen LogP contribution in [0.1, 0.15) is 30.1 Å². The van der Waals surface area contributed by atoms with Crippen LogP contribution in [0.3, 0.4) is 0 Å². The van der Waals surface area contributed by atoms with Crippen molar-refractivity contribution < 1.29 is 4.79 Å². The Balaban J connectivity index is 1.75. The smallest absolute Gasteiger partial charge is 0.237 e. The molecular weight excluding hydrogens is 274 g/mol. The van der Waals surface area contributed by atoms with Crippen molar-refractivity contribution >= 4 is 5.91 Å². The van der Waals surface area contributed by atoms with Crippen molar-refractivity contribution in [1.29, 1.82) is 0 Å². The van der Waals surface area contributed by atoms with Crippen molar-refractivity contribution in [3.63, 3.8) is 0 Å². The number of hydrogen-bond donors (Lipinski definition) is 2. The SMILES string of the molecule is O=C(NC(Cc1ccccn1)c1ccccc1)[C@@H]1CCCN1. The van der Waals surface area contributed by atoms with E-state index in [4.69, 9.17) is 0 Å². The molecule has 1 aliphatic heterocycles. The molecule has 0 aliphatic carbocycles. The predicted octanol–water partition coefficient (Wildman–Crippen LogP) is 2.23. The average molecular weight is 295 g/mol. The molecule has 0 radical (unpaired) electrons. The lowest BCUT2D eigenvalue weighted by Gasteiger charge is -2.21. The fraction of sp³-hybridized carbons (Fsp3) is 0.333. The van der Waals surface area contributed by atoms with Crippen molar-refractivity contribution in [2.45, 2.75) is 31.3 Å². The fourth-order valence-corrected chi connectivity index (χ4v) is 2.85. The fourth-order valence-electron chi connectivity index (χ4n) is 2.85. The van der Waals surface area contributed by atoms with E-state index in [-0.39, 0.29) is 18.0 Å². The summed E-state index contributed by atoms with van der Waals surface area (Å²) in [6.07, 6.45) is 4.46. The number of aromatic nitrogens is 1. The molecule has 114 valence electrons. The molecule has 0 saturated carbocycles. The maximum atomic E-state index is 12.4. The van der Waals surface area contributed by atoms with Crippen LogP contribution in [-0.4, -0.2) is 23.5 Å². The van der Waals surface area contributed by atoms with Gasteiger partial charge in [0.2, 0.25) is 5.91 Å². The van der Waals surface area contributed by atoms with Crippen LogP contribution in [0.4, 0.5) is 0 Å². The molecule has 1 aromatic heterocycles. The summed E-state index contributed by atoms with van der Waals surface area (Å²) >= 11 is 0. The quantitative estimate of drug-likeness (QED) is 0.889. The second-order valence-corrected chi connectivity index (χ2v) is 5.65. The molecular formula is C18H21N3O. The first-order valence-electron chi connectivity index (χ1n) is 7.81. The van der Waals surface area contributed by atoms with E-state index in [0.29, 0.717) is 6.42 Å². The summed E-state index contributed by atoms with van der Waals surface area (Å²) in [7, 11) is 0. The van der Waals surface area contributed by atoms with Crippen LogP contribution in [0.2, 0.25) is 0 Å². The molecule has 0 spiro atoms. The van der Waals surface area contributed by atoms with Gasteiger partial charge in [0.05, 0.1) is 12.1 Å². The third kappa shape index (κ3) is 3.71. The molecule has 4 nitrogen and oxygen atoms in total. The Morgan fingerprint density at radius 1 is 1.23 bits per heavy atom. The summed E-state index contributed by atoms with van der Waals surface area (Å²) in [5.74, 6) is 0.0854. The standard InChI is InChI=1S/C18H21N3O/c22-18(16-10-6-12-20-16)21-17(14-7-2-1-3-8-14)13-15-9-4-5-11-19-15/h1-5,7-9,11,16-17,20H,6,10,12-13H2,(H,21,22)/t16-,17?/m0/s1. The summed E-state index contributed by atoms with van der Waals surface area (Å²) in [4.78, 5) is 16.8. The molecule has 2 aromatic rings. The normalized spacial score (nSPS) is 18.8. The van der Waals surface area contributed by atoms with E-state index < -0.39 is 0 Å². The molecule has 22 heavy (non-hydrogen) atoms. The molecule has 2 atom stereocenters. The van der Waals surface area contributed by atoms with Gasteiger partial charge in [0.25, 0.3) is 0 Å². The van der Waals surface area contributed by atoms with Crippen molar-refractivity contribution in [2.75, 3.05) is 6.54 Å². The predicted molar refractivity (Wildman–Crippen MR) is 86.3 cm³/mol. The molecule has 1 unspecified atom stereocenters. The van der Waals surface area contributed by atoms with Crippen LogP contribution in [0.25, 0.3) is 0 Å². The maximum Gasteiger partial charge on any atom is 0.237 e. The lowest BCUT2D eigenvalue weighted by Crippen LogP contribution is -2.42. The van der Waals surface area contributed by atoms with E-state index in [1.165, 1.54) is 0 Å². The largest absolute Gasteiger partial charge is 0.348 e. The molecule has 1 fully saturated rings. The number of carbonyl (C=O) groups excluding carboxylic acids is 1. The van der Waals surface area contributed by atoms with Gasteiger partial charge in [-0.15, -0.1) is 0 Å². The van der Waals surface area contributed by atoms with Gasteiger partial charge in [-0.05, 0) is 37.1 Å². The second-order valence-electron chi connectivity index (χ2n) is 5.65. The van der Waals surface area contributed by atoms with Gasteiger partial charge in [-0.3, -0.25) is 9.78 Å². The van der Waals surface area contributed by atoms with Crippen LogP contribution in [0.5, 0.6) is 0 Å². The van der Waals surface area contributed by atoms with Crippen LogP contribution in [-0.2, 0) is 11.2 Å². The zero-order valence-electron chi connectivity index (χ0n) is 12.5. The van der Waals surface area contributed by atoms with Gasteiger partial charge in [-0.2, -0.15) is 0 Å². The minimum atomic E-state index is -0.0602. The molecule has 1 aliphatic rings. The molecule has 1 saturated heterocycles. The van der Waals surface area contributed by atoms with Crippen LogP contribution >= 0.6 is 0 Å². The number of amides is 1. The summed E-state index contributed by atoms with van der Waals surface area (Å²) in [5.41, 5.74) is 2.09. The summed E-state index contributed by atoms with van der Waals surface area (Å²) < 4.78 is 0. The molecule has 2 heterocycles. The molecule has 1 aromatic carbocycles. The number of carbonyl (C=O) groups is 1. The third-order valence-corrected chi connectivity index (χ3v) is 4.03. The highest BCUT2D eigenvalue weighted by Gasteiger charge is 2.25. The molecule has 0 bridgehead atoms. The van der Waals surface area contributed by atoms with Gasteiger partial charge >= 0.3 is 0 Å². The Hall–Kier alpha value is -2.20. The Labute approximate surface area is 131 Å². The lowest BCUT2D eigenvalue weighted by molar-refractivity contribution is -0.123.